The Morgan fingerprint density at radius 1 is 1.29 bits per heavy atom. The number of anilines is 1. The van der Waals surface area contributed by atoms with Gasteiger partial charge in [0.1, 0.15) is 5.75 Å². The van der Waals surface area contributed by atoms with Crippen molar-refractivity contribution < 1.29 is 9.53 Å². The average molecular weight is 392 g/mol. The number of halogens is 1. The highest BCUT2D eigenvalue weighted by Gasteiger charge is 2.14. The van der Waals surface area contributed by atoms with Crippen LogP contribution in [0.4, 0.5) is 5.69 Å². The molecule has 5 heteroatoms. The summed E-state index contributed by atoms with van der Waals surface area (Å²) in [5, 5.41) is 11.5. The summed E-state index contributed by atoms with van der Waals surface area (Å²) in [5.41, 5.74) is 1.29. The Morgan fingerprint density at radius 3 is 2.62 bits per heavy atom. The number of hydrogen-bond donors (Lipinski definition) is 1. The highest BCUT2D eigenvalue weighted by Crippen LogP contribution is 2.16. The summed E-state index contributed by atoms with van der Waals surface area (Å²) in [6.45, 7) is 1.68. The van der Waals surface area contributed by atoms with Crippen molar-refractivity contribution in [1.29, 1.82) is 5.26 Å². The lowest BCUT2D eigenvalue weighted by Crippen LogP contribution is -2.30. The lowest BCUT2D eigenvalue weighted by Gasteiger charge is -2.14. The summed E-state index contributed by atoms with van der Waals surface area (Å²) in [6.07, 6.45) is -0.629. The molecule has 0 radical (unpaired) electrons. The van der Waals surface area contributed by atoms with Gasteiger partial charge in [0.25, 0.3) is 5.91 Å². The molecular weight excluding hydrogens is 379 g/mol. The van der Waals surface area contributed by atoms with E-state index in [4.69, 9.17) is 10.00 Å². The predicted octanol–water partition coefficient (Wildman–Crippen LogP) is 3.57. The Morgan fingerprint density at radius 2 is 2.00 bits per heavy atom. The Hall–Kier alpha value is -2.07. The van der Waals surface area contributed by atoms with Crippen LogP contribution < -0.4 is 10.1 Å². The fourth-order valence-corrected chi connectivity index (χ4v) is 2.22. The highest BCUT2D eigenvalue weighted by atomic mass is 127. The Bertz CT molecular complexity index is 677. The van der Waals surface area contributed by atoms with E-state index < -0.39 is 6.10 Å². The van der Waals surface area contributed by atoms with Crippen molar-refractivity contribution in [3.63, 3.8) is 0 Å². The molecule has 0 heterocycles. The van der Waals surface area contributed by atoms with Crippen LogP contribution >= 0.6 is 22.6 Å². The van der Waals surface area contributed by atoms with Gasteiger partial charge in [-0.15, -0.1) is 0 Å². The van der Waals surface area contributed by atoms with E-state index in [9.17, 15) is 4.79 Å². The van der Waals surface area contributed by atoms with Gasteiger partial charge in [-0.25, -0.2) is 0 Å². The normalized spacial score (nSPS) is 11.3. The molecule has 4 nitrogen and oxygen atoms in total. The maximum atomic E-state index is 12.1. The van der Waals surface area contributed by atoms with Crippen molar-refractivity contribution >= 4 is 34.2 Å². The maximum absolute atomic E-state index is 12.1. The van der Waals surface area contributed by atoms with Crippen molar-refractivity contribution in [2.45, 2.75) is 13.0 Å². The number of nitrogens with zero attached hydrogens (tertiary/aromatic N) is 1. The number of rotatable bonds is 4. The number of carbonyl (C=O) groups is 1. The monoisotopic (exact) mass is 392 g/mol. The number of benzene rings is 2. The van der Waals surface area contributed by atoms with Crippen molar-refractivity contribution in [3.05, 3.63) is 57.7 Å². The molecule has 2 aromatic rings. The van der Waals surface area contributed by atoms with Gasteiger partial charge in [0, 0.05) is 9.26 Å². The van der Waals surface area contributed by atoms with E-state index in [1.165, 1.54) is 0 Å². The van der Waals surface area contributed by atoms with E-state index in [1.54, 1.807) is 31.2 Å². The standard InChI is InChI=1S/C16H13IN2O2/c1-11(21-15-7-5-12(10-18)6-8-15)16(20)19-14-4-2-3-13(17)9-14/h2-9,11H,1H3,(H,19,20)/t11-/m1/s1. The topological polar surface area (TPSA) is 62.1 Å². The largest absolute Gasteiger partial charge is 0.481 e. The van der Waals surface area contributed by atoms with Crippen molar-refractivity contribution in [1.82, 2.24) is 0 Å². The molecule has 106 valence electrons. The molecule has 0 unspecified atom stereocenters. The second-order valence-electron chi connectivity index (χ2n) is 4.40. The third-order valence-electron chi connectivity index (χ3n) is 2.76. The fourth-order valence-electron chi connectivity index (χ4n) is 1.68. The first-order valence-corrected chi connectivity index (χ1v) is 7.39. The van der Waals surface area contributed by atoms with Crippen molar-refractivity contribution in [2.75, 3.05) is 5.32 Å². The van der Waals surface area contributed by atoms with Crippen LogP contribution in [0, 0.1) is 14.9 Å². The third-order valence-corrected chi connectivity index (χ3v) is 3.43. The molecule has 0 fully saturated rings. The van der Waals surface area contributed by atoms with Gasteiger partial charge in [-0.3, -0.25) is 4.79 Å². The van der Waals surface area contributed by atoms with Crippen LogP contribution in [0.1, 0.15) is 12.5 Å². The smallest absolute Gasteiger partial charge is 0.265 e. The molecule has 21 heavy (non-hydrogen) atoms. The van der Waals surface area contributed by atoms with Gasteiger partial charge in [0.2, 0.25) is 0 Å². The van der Waals surface area contributed by atoms with Crippen LogP contribution in [0.15, 0.2) is 48.5 Å². The van der Waals surface area contributed by atoms with Crippen LogP contribution in [0.2, 0.25) is 0 Å². The average Bonchev–Trinajstić information content (AvgIpc) is 2.48. The Kier molecular flexibility index (Phi) is 5.17. The van der Waals surface area contributed by atoms with Gasteiger partial charge in [-0.05, 0) is 72.0 Å². The molecule has 0 saturated carbocycles. The zero-order valence-corrected chi connectivity index (χ0v) is 13.5. The molecular formula is C16H13IN2O2. The molecule has 1 N–H and O–H groups in total. The summed E-state index contributed by atoms with van der Waals surface area (Å²) >= 11 is 2.19. The van der Waals surface area contributed by atoms with Gasteiger partial charge in [-0.2, -0.15) is 5.26 Å². The van der Waals surface area contributed by atoms with E-state index in [2.05, 4.69) is 27.9 Å². The molecule has 0 aromatic heterocycles. The lowest BCUT2D eigenvalue weighted by atomic mass is 10.2. The predicted molar refractivity (Wildman–Crippen MR) is 89.0 cm³/mol. The maximum Gasteiger partial charge on any atom is 0.265 e. The SMILES string of the molecule is C[C@@H](Oc1ccc(C#N)cc1)C(=O)Nc1cccc(I)c1. The number of nitrogens with one attached hydrogen (secondary N) is 1. The minimum Gasteiger partial charge on any atom is -0.481 e. The highest BCUT2D eigenvalue weighted by molar-refractivity contribution is 14.1. The molecule has 0 saturated heterocycles. The fraction of sp³-hybridized carbons (Fsp3) is 0.125. The molecule has 0 aliphatic heterocycles. The molecule has 0 spiro atoms. The minimum absolute atomic E-state index is 0.221. The van der Waals surface area contributed by atoms with Crippen LogP contribution in [0.5, 0.6) is 5.75 Å². The van der Waals surface area contributed by atoms with Gasteiger partial charge in [0.15, 0.2) is 6.10 Å². The first-order valence-electron chi connectivity index (χ1n) is 6.32. The third kappa shape index (κ3) is 4.46. The van der Waals surface area contributed by atoms with Gasteiger partial charge < -0.3 is 10.1 Å². The second kappa shape index (κ2) is 7.09. The summed E-state index contributed by atoms with van der Waals surface area (Å²) < 4.78 is 6.60. The van der Waals surface area contributed by atoms with E-state index >= 15 is 0 Å². The summed E-state index contributed by atoms with van der Waals surface area (Å²) in [4.78, 5) is 12.1. The lowest BCUT2D eigenvalue weighted by molar-refractivity contribution is -0.122. The zero-order chi connectivity index (χ0) is 15.2. The van der Waals surface area contributed by atoms with E-state index in [1.807, 2.05) is 30.3 Å². The second-order valence-corrected chi connectivity index (χ2v) is 5.64. The van der Waals surface area contributed by atoms with Crippen LogP contribution in [-0.4, -0.2) is 12.0 Å². The number of nitriles is 1. The van der Waals surface area contributed by atoms with Gasteiger partial charge in [0.05, 0.1) is 11.6 Å². The van der Waals surface area contributed by atoms with Crippen LogP contribution in [-0.2, 0) is 4.79 Å². The number of ether oxygens (including phenoxy) is 1. The van der Waals surface area contributed by atoms with Gasteiger partial charge >= 0.3 is 0 Å². The molecule has 1 amide bonds. The van der Waals surface area contributed by atoms with Crippen molar-refractivity contribution in [2.24, 2.45) is 0 Å². The summed E-state index contributed by atoms with van der Waals surface area (Å²) in [5.74, 6) is 0.334. The number of hydrogen-bond acceptors (Lipinski definition) is 3. The van der Waals surface area contributed by atoms with E-state index in [0.29, 0.717) is 11.3 Å². The molecule has 2 aromatic carbocycles. The van der Waals surface area contributed by atoms with E-state index in [-0.39, 0.29) is 5.91 Å². The number of carbonyl (C=O) groups excluding carboxylic acids is 1. The quantitative estimate of drug-likeness (QED) is 0.810. The molecule has 2 rings (SSSR count). The molecule has 1 atom stereocenters. The molecule has 0 aliphatic carbocycles. The Balaban J connectivity index is 1.97. The minimum atomic E-state index is -0.629. The summed E-state index contributed by atoms with van der Waals surface area (Å²) in [6, 6.07) is 16.2. The first kappa shape index (κ1) is 15.3. The molecule has 0 aliphatic rings. The van der Waals surface area contributed by atoms with Crippen LogP contribution in [0.25, 0.3) is 0 Å². The van der Waals surface area contributed by atoms with Crippen molar-refractivity contribution in [3.8, 4) is 11.8 Å². The number of amides is 1. The van der Waals surface area contributed by atoms with E-state index in [0.717, 1.165) is 9.26 Å². The first-order chi connectivity index (χ1) is 10.1. The Labute approximate surface area is 136 Å². The van der Waals surface area contributed by atoms with Crippen LogP contribution in [0.3, 0.4) is 0 Å². The molecule has 0 bridgehead atoms. The zero-order valence-electron chi connectivity index (χ0n) is 11.3. The van der Waals surface area contributed by atoms with Gasteiger partial charge in [-0.1, -0.05) is 6.07 Å². The summed E-state index contributed by atoms with van der Waals surface area (Å²) in [7, 11) is 0.